The summed E-state index contributed by atoms with van der Waals surface area (Å²) in [6.07, 6.45) is 9.22. The number of ether oxygens (including phenoxy) is 1. The Morgan fingerprint density at radius 1 is 1.08 bits per heavy atom. The molecule has 2 rings (SSSR count). The second-order valence-electron chi connectivity index (χ2n) is 4.40. The summed E-state index contributed by atoms with van der Waals surface area (Å²) in [7, 11) is 0. The average molecular weight is 164 g/mol. The van der Waals surface area contributed by atoms with Gasteiger partial charge in [-0.15, -0.1) is 0 Å². The SMILES string of the molecule is CC1(C)C=C[C@@H]2COC[C@@H]2C=C1. The third-order valence-electron chi connectivity index (χ3n) is 2.72. The second-order valence-corrected chi connectivity index (χ2v) is 4.40. The van der Waals surface area contributed by atoms with E-state index in [-0.39, 0.29) is 5.41 Å². The summed E-state index contributed by atoms with van der Waals surface area (Å²) in [5.74, 6) is 1.26. The summed E-state index contributed by atoms with van der Waals surface area (Å²) in [5, 5.41) is 0. The molecule has 0 spiro atoms. The van der Waals surface area contributed by atoms with Gasteiger partial charge in [-0.3, -0.25) is 0 Å². The topological polar surface area (TPSA) is 9.23 Å². The largest absolute Gasteiger partial charge is 0.380 e. The fourth-order valence-electron chi connectivity index (χ4n) is 1.78. The number of hydrogen-bond donors (Lipinski definition) is 0. The van der Waals surface area contributed by atoms with Crippen molar-refractivity contribution in [2.24, 2.45) is 17.3 Å². The molecule has 1 heterocycles. The standard InChI is InChI=1S/C11H16O/c1-11(2)5-3-9-7-12-8-10(9)4-6-11/h3-6,9-10H,7-8H2,1-2H3/t9-,10+. The van der Waals surface area contributed by atoms with Crippen molar-refractivity contribution >= 4 is 0 Å². The normalized spacial score (nSPS) is 37.8. The Labute approximate surface area is 74.1 Å². The predicted molar refractivity (Wildman–Crippen MR) is 49.9 cm³/mol. The van der Waals surface area contributed by atoms with Crippen molar-refractivity contribution in [3.8, 4) is 0 Å². The molecular formula is C11H16O. The van der Waals surface area contributed by atoms with E-state index >= 15 is 0 Å². The Balaban J connectivity index is 2.22. The van der Waals surface area contributed by atoms with Crippen LogP contribution in [0.15, 0.2) is 24.3 Å². The summed E-state index contributed by atoms with van der Waals surface area (Å²) in [6, 6.07) is 0. The van der Waals surface area contributed by atoms with Crippen molar-refractivity contribution in [3.63, 3.8) is 0 Å². The van der Waals surface area contributed by atoms with Crippen molar-refractivity contribution in [3.05, 3.63) is 24.3 Å². The van der Waals surface area contributed by atoms with Crippen LogP contribution in [0.5, 0.6) is 0 Å². The number of allylic oxidation sites excluding steroid dienone is 2. The van der Waals surface area contributed by atoms with Crippen LogP contribution >= 0.6 is 0 Å². The molecule has 1 aliphatic heterocycles. The highest BCUT2D eigenvalue weighted by Crippen LogP contribution is 2.31. The molecule has 1 nitrogen and oxygen atoms in total. The van der Waals surface area contributed by atoms with Gasteiger partial charge in [0.2, 0.25) is 0 Å². The van der Waals surface area contributed by atoms with Crippen LogP contribution in [0.2, 0.25) is 0 Å². The van der Waals surface area contributed by atoms with Crippen LogP contribution in [0, 0.1) is 17.3 Å². The molecule has 0 unspecified atom stereocenters. The maximum atomic E-state index is 5.41. The third kappa shape index (κ3) is 1.46. The lowest BCUT2D eigenvalue weighted by Crippen LogP contribution is -2.05. The Morgan fingerprint density at radius 3 is 2.08 bits per heavy atom. The predicted octanol–water partition coefficient (Wildman–Crippen LogP) is 2.40. The van der Waals surface area contributed by atoms with Crippen LogP contribution in [-0.4, -0.2) is 13.2 Å². The van der Waals surface area contributed by atoms with Gasteiger partial charge in [0, 0.05) is 17.3 Å². The van der Waals surface area contributed by atoms with Crippen LogP contribution in [0.1, 0.15) is 13.8 Å². The van der Waals surface area contributed by atoms with Gasteiger partial charge in [-0.05, 0) is 0 Å². The number of rotatable bonds is 0. The third-order valence-corrected chi connectivity index (χ3v) is 2.72. The summed E-state index contributed by atoms with van der Waals surface area (Å²) < 4.78 is 5.41. The van der Waals surface area contributed by atoms with Crippen molar-refractivity contribution < 1.29 is 4.74 Å². The van der Waals surface area contributed by atoms with Gasteiger partial charge in [0.05, 0.1) is 13.2 Å². The quantitative estimate of drug-likeness (QED) is 0.499. The van der Waals surface area contributed by atoms with E-state index in [0.717, 1.165) is 13.2 Å². The molecule has 2 aliphatic rings. The van der Waals surface area contributed by atoms with E-state index in [9.17, 15) is 0 Å². The van der Waals surface area contributed by atoms with Crippen molar-refractivity contribution in [2.75, 3.05) is 13.2 Å². The zero-order chi connectivity index (χ0) is 8.60. The lowest BCUT2D eigenvalue weighted by molar-refractivity contribution is 0.186. The molecule has 1 aliphatic carbocycles. The van der Waals surface area contributed by atoms with Crippen molar-refractivity contribution in [1.82, 2.24) is 0 Å². The molecule has 12 heavy (non-hydrogen) atoms. The zero-order valence-electron chi connectivity index (χ0n) is 7.79. The molecule has 0 amide bonds. The number of fused-ring (bicyclic) bond motifs is 1. The Kier molecular flexibility index (Phi) is 1.84. The molecule has 0 bridgehead atoms. The van der Waals surface area contributed by atoms with Crippen LogP contribution in [0.25, 0.3) is 0 Å². The fourth-order valence-corrected chi connectivity index (χ4v) is 1.78. The van der Waals surface area contributed by atoms with Crippen LogP contribution in [-0.2, 0) is 4.74 Å². The summed E-state index contributed by atoms with van der Waals surface area (Å²) in [4.78, 5) is 0. The molecule has 0 N–H and O–H groups in total. The monoisotopic (exact) mass is 164 g/mol. The van der Waals surface area contributed by atoms with E-state index in [4.69, 9.17) is 4.74 Å². The van der Waals surface area contributed by atoms with E-state index in [1.165, 1.54) is 0 Å². The highest BCUT2D eigenvalue weighted by molar-refractivity contribution is 5.16. The van der Waals surface area contributed by atoms with Gasteiger partial charge < -0.3 is 4.74 Å². The Morgan fingerprint density at radius 2 is 1.58 bits per heavy atom. The Hall–Kier alpha value is -0.560. The summed E-state index contributed by atoms with van der Waals surface area (Å²) in [5.41, 5.74) is 0.240. The van der Waals surface area contributed by atoms with Gasteiger partial charge in [-0.25, -0.2) is 0 Å². The van der Waals surface area contributed by atoms with E-state index in [1.54, 1.807) is 0 Å². The first-order valence-electron chi connectivity index (χ1n) is 4.64. The maximum absolute atomic E-state index is 5.41. The van der Waals surface area contributed by atoms with Gasteiger partial charge in [0.25, 0.3) is 0 Å². The highest BCUT2D eigenvalue weighted by Gasteiger charge is 2.27. The first-order chi connectivity index (χ1) is 5.67. The van der Waals surface area contributed by atoms with Crippen LogP contribution in [0.3, 0.4) is 0 Å². The lowest BCUT2D eigenvalue weighted by Gasteiger charge is -2.12. The summed E-state index contributed by atoms with van der Waals surface area (Å²) >= 11 is 0. The molecule has 1 saturated heterocycles. The molecule has 2 atom stereocenters. The average Bonchev–Trinajstić information content (AvgIpc) is 2.40. The molecule has 0 aromatic rings. The van der Waals surface area contributed by atoms with Crippen molar-refractivity contribution in [2.45, 2.75) is 13.8 Å². The van der Waals surface area contributed by atoms with Crippen LogP contribution < -0.4 is 0 Å². The van der Waals surface area contributed by atoms with E-state index in [0.29, 0.717) is 11.8 Å². The molecule has 0 saturated carbocycles. The van der Waals surface area contributed by atoms with Gasteiger partial charge in [-0.2, -0.15) is 0 Å². The molecule has 0 radical (unpaired) electrons. The Bertz CT molecular complexity index is 203. The molecule has 0 aromatic heterocycles. The second kappa shape index (κ2) is 2.74. The van der Waals surface area contributed by atoms with Gasteiger partial charge in [0.1, 0.15) is 0 Å². The van der Waals surface area contributed by atoms with Gasteiger partial charge >= 0.3 is 0 Å². The minimum absolute atomic E-state index is 0.240. The minimum Gasteiger partial charge on any atom is -0.380 e. The molecule has 1 heteroatoms. The molecule has 66 valence electrons. The minimum atomic E-state index is 0.240. The zero-order valence-corrected chi connectivity index (χ0v) is 7.79. The molecule has 1 fully saturated rings. The lowest BCUT2D eigenvalue weighted by atomic mass is 9.93. The fraction of sp³-hybridized carbons (Fsp3) is 0.636. The smallest absolute Gasteiger partial charge is 0.0535 e. The van der Waals surface area contributed by atoms with Gasteiger partial charge in [0.15, 0.2) is 0 Å². The van der Waals surface area contributed by atoms with Crippen LogP contribution in [0.4, 0.5) is 0 Å². The molecular weight excluding hydrogens is 148 g/mol. The van der Waals surface area contributed by atoms with E-state index in [2.05, 4.69) is 38.2 Å². The summed E-state index contributed by atoms with van der Waals surface area (Å²) in [6.45, 7) is 6.28. The van der Waals surface area contributed by atoms with E-state index < -0.39 is 0 Å². The van der Waals surface area contributed by atoms with Crippen molar-refractivity contribution in [1.29, 1.82) is 0 Å². The maximum Gasteiger partial charge on any atom is 0.0535 e. The van der Waals surface area contributed by atoms with Gasteiger partial charge in [-0.1, -0.05) is 38.2 Å². The molecule has 0 aromatic carbocycles. The first-order valence-corrected chi connectivity index (χ1v) is 4.64. The first kappa shape index (κ1) is 8.06. The highest BCUT2D eigenvalue weighted by atomic mass is 16.5. The number of hydrogen-bond acceptors (Lipinski definition) is 1. The van der Waals surface area contributed by atoms with E-state index in [1.807, 2.05) is 0 Å².